The summed E-state index contributed by atoms with van der Waals surface area (Å²) >= 11 is 5.69. The molecule has 0 aliphatic heterocycles. The lowest BCUT2D eigenvalue weighted by Gasteiger charge is -2.29. The van der Waals surface area contributed by atoms with Gasteiger partial charge in [0.2, 0.25) is 0 Å². The molecular weight excluding hydrogens is 217 g/mol. The van der Waals surface area contributed by atoms with Crippen molar-refractivity contribution >= 4 is 11.6 Å². The molecule has 0 amide bonds. The maximum absolute atomic E-state index is 13.0. The Bertz CT molecular complexity index is 345. The molecule has 0 spiro atoms. The Morgan fingerprint density at radius 3 is 2.67 bits per heavy atom. The summed E-state index contributed by atoms with van der Waals surface area (Å²) < 4.78 is 13.0. The number of likely N-dealkylation sites (N-methyl/N-ethyl adjacent to an activating group) is 1. The molecule has 0 saturated heterocycles. The summed E-state index contributed by atoms with van der Waals surface area (Å²) in [5.74, 6) is -0.447. The van der Waals surface area contributed by atoms with Crippen molar-refractivity contribution in [3.63, 3.8) is 0 Å². The Balaban J connectivity index is 3.07. The molecule has 0 heterocycles. The molecule has 0 aromatic heterocycles. The molecule has 1 unspecified atom stereocenters. The van der Waals surface area contributed by atoms with Gasteiger partial charge in [0.05, 0.1) is 17.2 Å². The Morgan fingerprint density at radius 2 is 2.20 bits per heavy atom. The van der Waals surface area contributed by atoms with Crippen LogP contribution in [-0.4, -0.2) is 18.3 Å². The van der Waals surface area contributed by atoms with Gasteiger partial charge in [-0.25, -0.2) is 4.39 Å². The van der Waals surface area contributed by atoms with Crippen LogP contribution in [-0.2, 0) is 5.54 Å². The van der Waals surface area contributed by atoms with Crippen LogP contribution in [0, 0.1) is 5.82 Å². The molecule has 1 rings (SSSR count). The van der Waals surface area contributed by atoms with Crippen LogP contribution >= 0.6 is 11.6 Å². The van der Waals surface area contributed by atoms with Crippen LogP contribution in [0.25, 0.3) is 0 Å². The Morgan fingerprint density at radius 1 is 1.53 bits per heavy atom. The molecule has 2 nitrogen and oxygen atoms in total. The first kappa shape index (κ1) is 12.4. The number of aliphatic hydroxyl groups excluding tert-OH is 1. The predicted octanol–water partition coefficient (Wildman–Crippen LogP) is 2.30. The number of nitrogens with one attached hydrogen (secondary N) is 1. The highest BCUT2D eigenvalue weighted by atomic mass is 35.5. The van der Waals surface area contributed by atoms with Crippen LogP contribution in [0.4, 0.5) is 4.39 Å². The molecule has 2 N–H and O–H groups in total. The van der Waals surface area contributed by atoms with Crippen molar-refractivity contribution in [1.29, 1.82) is 0 Å². The predicted molar refractivity (Wildman–Crippen MR) is 59.5 cm³/mol. The van der Waals surface area contributed by atoms with Crippen molar-refractivity contribution < 1.29 is 9.50 Å². The third-order valence-corrected chi connectivity index (χ3v) is 2.73. The molecule has 1 aromatic rings. The van der Waals surface area contributed by atoms with Crippen LogP contribution in [0.2, 0.25) is 5.02 Å². The second kappa shape index (κ2) is 4.92. The summed E-state index contributed by atoms with van der Waals surface area (Å²) in [6.45, 7) is 4.44. The van der Waals surface area contributed by atoms with E-state index in [1.807, 2.05) is 13.8 Å². The fourth-order valence-electron chi connectivity index (χ4n) is 1.48. The summed E-state index contributed by atoms with van der Waals surface area (Å²) in [7, 11) is 0. The van der Waals surface area contributed by atoms with E-state index in [9.17, 15) is 9.50 Å². The standard InChI is InChI=1S/C11H15ClFNO/c1-3-14-11(2,7-15)8-4-5-10(13)9(12)6-8/h4-6,14-15H,3,7H2,1-2H3. The number of aliphatic hydroxyl groups is 1. The van der Waals surface area contributed by atoms with Gasteiger partial charge >= 0.3 is 0 Å². The van der Waals surface area contributed by atoms with Crippen LogP contribution in [0.1, 0.15) is 19.4 Å². The minimum absolute atomic E-state index is 0.0667. The van der Waals surface area contributed by atoms with Crippen LogP contribution < -0.4 is 5.32 Å². The first-order valence-corrected chi connectivity index (χ1v) is 5.22. The molecule has 0 saturated carbocycles. The van der Waals surface area contributed by atoms with E-state index in [2.05, 4.69) is 5.32 Å². The van der Waals surface area contributed by atoms with Gasteiger partial charge in [-0.2, -0.15) is 0 Å². The summed E-state index contributed by atoms with van der Waals surface area (Å²) in [4.78, 5) is 0. The molecule has 0 bridgehead atoms. The number of hydrogen-bond acceptors (Lipinski definition) is 2. The smallest absolute Gasteiger partial charge is 0.141 e. The number of hydrogen-bond donors (Lipinski definition) is 2. The second-order valence-corrected chi connectivity index (χ2v) is 4.06. The highest BCUT2D eigenvalue weighted by Gasteiger charge is 2.24. The number of benzene rings is 1. The number of halogens is 2. The van der Waals surface area contributed by atoms with Gasteiger partial charge in [-0.15, -0.1) is 0 Å². The van der Waals surface area contributed by atoms with Gasteiger partial charge in [-0.05, 0) is 31.2 Å². The van der Waals surface area contributed by atoms with Crippen LogP contribution in [0.5, 0.6) is 0 Å². The largest absolute Gasteiger partial charge is 0.394 e. The average Bonchev–Trinajstić information content (AvgIpc) is 2.22. The lowest BCUT2D eigenvalue weighted by Crippen LogP contribution is -2.42. The zero-order chi connectivity index (χ0) is 11.5. The highest BCUT2D eigenvalue weighted by molar-refractivity contribution is 6.30. The van der Waals surface area contributed by atoms with Gasteiger partial charge in [0.25, 0.3) is 0 Å². The fourth-order valence-corrected chi connectivity index (χ4v) is 1.66. The molecular formula is C11H15ClFNO. The quantitative estimate of drug-likeness (QED) is 0.834. The first-order chi connectivity index (χ1) is 7.03. The van der Waals surface area contributed by atoms with Crippen molar-refractivity contribution in [1.82, 2.24) is 5.32 Å². The first-order valence-electron chi connectivity index (χ1n) is 4.85. The fraction of sp³-hybridized carbons (Fsp3) is 0.455. The van der Waals surface area contributed by atoms with Crippen molar-refractivity contribution in [3.8, 4) is 0 Å². The molecule has 15 heavy (non-hydrogen) atoms. The van der Waals surface area contributed by atoms with E-state index in [0.29, 0.717) is 6.54 Å². The molecule has 1 aromatic carbocycles. The molecule has 1 atom stereocenters. The minimum atomic E-state index is -0.577. The van der Waals surface area contributed by atoms with E-state index >= 15 is 0 Å². The van der Waals surface area contributed by atoms with Crippen molar-refractivity contribution in [2.45, 2.75) is 19.4 Å². The monoisotopic (exact) mass is 231 g/mol. The van der Waals surface area contributed by atoms with Gasteiger partial charge in [0.15, 0.2) is 0 Å². The zero-order valence-corrected chi connectivity index (χ0v) is 9.61. The van der Waals surface area contributed by atoms with Crippen molar-refractivity contribution in [2.24, 2.45) is 0 Å². The summed E-state index contributed by atoms with van der Waals surface area (Å²) in [5, 5.41) is 12.5. The third-order valence-electron chi connectivity index (χ3n) is 2.44. The van der Waals surface area contributed by atoms with Gasteiger partial charge in [-0.1, -0.05) is 24.6 Å². The minimum Gasteiger partial charge on any atom is -0.394 e. The average molecular weight is 232 g/mol. The lowest BCUT2D eigenvalue weighted by atomic mass is 9.93. The Hall–Kier alpha value is -0.640. The molecule has 0 aliphatic rings. The van der Waals surface area contributed by atoms with Gasteiger partial charge in [0.1, 0.15) is 5.82 Å². The van der Waals surface area contributed by atoms with Gasteiger partial charge < -0.3 is 10.4 Å². The highest BCUT2D eigenvalue weighted by Crippen LogP contribution is 2.24. The zero-order valence-electron chi connectivity index (χ0n) is 8.85. The molecule has 0 fully saturated rings. The van der Waals surface area contributed by atoms with E-state index in [1.54, 1.807) is 6.07 Å². The summed E-state index contributed by atoms with van der Waals surface area (Å²) in [5.41, 5.74) is 0.199. The van der Waals surface area contributed by atoms with Gasteiger partial charge in [-0.3, -0.25) is 0 Å². The van der Waals surface area contributed by atoms with E-state index in [1.165, 1.54) is 12.1 Å². The Kier molecular flexibility index (Phi) is 4.08. The summed E-state index contributed by atoms with van der Waals surface area (Å²) in [6.07, 6.45) is 0. The summed E-state index contributed by atoms with van der Waals surface area (Å²) in [6, 6.07) is 4.47. The van der Waals surface area contributed by atoms with Crippen molar-refractivity contribution in [2.75, 3.05) is 13.2 Å². The molecule has 4 heteroatoms. The van der Waals surface area contributed by atoms with E-state index < -0.39 is 11.4 Å². The lowest BCUT2D eigenvalue weighted by molar-refractivity contribution is 0.177. The van der Waals surface area contributed by atoms with E-state index in [0.717, 1.165) is 5.56 Å². The third kappa shape index (κ3) is 2.68. The number of rotatable bonds is 4. The Labute approximate surface area is 94.1 Å². The molecule has 0 aliphatic carbocycles. The van der Waals surface area contributed by atoms with Crippen molar-refractivity contribution in [3.05, 3.63) is 34.6 Å². The van der Waals surface area contributed by atoms with E-state index in [4.69, 9.17) is 11.6 Å². The second-order valence-electron chi connectivity index (χ2n) is 3.65. The van der Waals surface area contributed by atoms with E-state index in [-0.39, 0.29) is 11.6 Å². The SMILES string of the molecule is CCNC(C)(CO)c1ccc(F)c(Cl)c1. The maximum Gasteiger partial charge on any atom is 0.141 e. The molecule has 84 valence electrons. The molecule has 0 radical (unpaired) electrons. The van der Waals surface area contributed by atoms with Crippen LogP contribution in [0.3, 0.4) is 0 Å². The topological polar surface area (TPSA) is 32.3 Å². The maximum atomic E-state index is 13.0. The normalized spacial score (nSPS) is 15.0. The van der Waals surface area contributed by atoms with Crippen LogP contribution in [0.15, 0.2) is 18.2 Å². The van der Waals surface area contributed by atoms with Gasteiger partial charge in [0, 0.05) is 0 Å².